The molecule has 0 atom stereocenters. The summed E-state index contributed by atoms with van der Waals surface area (Å²) < 4.78 is 29.4. The van der Waals surface area contributed by atoms with Crippen molar-refractivity contribution in [1.82, 2.24) is 24.1 Å². The number of amides is 2. The van der Waals surface area contributed by atoms with Crippen LogP contribution in [0.25, 0.3) is 5.82 Å². The molecule has 0 N–H and O–H groups in total. The van der Waals surface area contributed by atoms with Gasteiger partial charge in [0.05, 0.1) is 16.3 Å². The SMILES string of the molecule is Cc1ccn(-c2cc(N3CCN(S(=O)(=O)c4ccc(N5C(=O)CCC5=O)cc4)CC3)ncn2)n1. The molecule has 2 amide bonds. The third kappa shape index (κ3) is 4.05. The van der Waals surface area contributed by atoms with Gasteiger partial charge in [-0.05, 0) is 37.3 Å². The van der Waals surface area contributed by atoms with Gasteiger partial charge in [0.2, 0.25) is 21.8 Å². The van der Waals surface area contributed by atoms with Gasteiger partial charge in [0, 0.05) is 51.3 Å². The molecule has 0 unspecified atom stereocenters. The van der Waals surface area contributed by atoms with Gasteiger partial charge in [-0.2, -0.15) is 9.40 Å². The molecular formula is C22H23N7O4S. The average Bonchev–Trinajstić information content (AvgIpc) is 3.44. The molecule has 2 fully saturated rings. The Hall–Kier alpha value is -3.64. The normalized spacial score (nSPS) is 17.6. The number of carbonyl (C=O) groups is 2. The zero-order valence-corrected chi connectivity index (χ0v) is 19.3. The van der Waals surface area contributed by atoms with Crippen LogP contribution in [0.15, 0.2) is 53.8 Å². The van der Waals surface area contributed by atoms with Crippen molar-refractivity contribution < 1.29 is 18.0 Å². The van der Waals surface area contributed by atoms with Gasteiger partial charge in [-0.25, -0.2) is 23.1 Å². The number of hydrogen-bond acceptors (Lipinski definition) is 8. The first-order chi connectivity index (χ1) is 16.3. The Balaban J connectivity index is 1.27. The molecule has 0 aliphatic carbocycles. The summed E-state index contributed by atoms with van der Waals surface area (Å²) in [6, 6.07) is 9.61. The van der Waals surface area contributed by atoms with Crippen LogP contribution < -0.4 is 9.80 Å². The molecule has 2 aliphatic rings. The predicted octanol–water partition coefficient (Wildman–Crippen LogP) is 1.14. The second kappa shape index (κ2) is 8.61. The Morgan fingerprint density at radius 2 is 1.50 bits per heavy atom. The predicted molar refractivity (Wildman–Crippen MR) is 123 cm³/mol. The lowest BCUT2D eigenvalue weighted by Crippen LogP contribution is -2.49. The highest BCUT2D eigenvalue weighted by atomic mass is 32.2. The molecule has 4 heterocycles. The number of piperazine rings is 1. The Kier molecular flexibility index (Phi) is 5.62. The van der Waals surface area contributed by atoms with Crippen LogP contribution in [0.4, 0.5) is 11.5 Å². The first kappa shape index (κ1) is 22.2. The molecule has 0 spiro atoms. The summed E-state index contributed by atoms with van der Waals surface area (Å²) in [6.07, 6.45) is 3.66. The molecule has 2 aromatic heterocycles. The Morgan fingerprint density at radius 3 is 2.12 bits per heavy atom. The van der Waals surface area contributed by atoms with Crippen LogP contribution in [0.2, 0.25) is 0 Å². The molecule has 11 nitrogen and oxygen atoms in total. The van der Waals surface area contributed by atoms with Crippen LogP contribution in [0.3, 0.4) is 0 Å². The minimum absolute atomic E-state index is 0.127. The Labute approximate surface area is 196 Å². The van der Waals surface area contributed by atoms with Crippen LogP contribution >= 0.6 is 0 Å². The zero-order chi connectivity index (χ0) is 23.9. The van der Waals surface area contributed by atoms with Crippen LogP contribution in [0.5, 0.6) is 0 Å². The number of imide groups is 1. The second-order valence-electron chi connectivity index (χ2n) is 8.14. The molecule has 2 saturated heterocycles. The lowest BCUT2D eigenvalue weighted by atomic mass is 10.3. The van der Waals surface area contributed by atoms with E-state index in [0.29, 0.717) is 43.5 Å². The maximum absolute atomic E-state index is 13.2. The molecular weight excluding hydrogens is 458 g/mol. The summed E-state index contributed by atoms with van der Waals surface area (Å²) in [7, 11) is -3.71. The van der Waals surface area contributed by atoms with Gasteiger partial charge in [-0.15, -0.1) is 0 Å². The van der Waals surface area contributed by atoms with Crippen LogP contribution in [-0.4, -0.2) is 70.5 Å². The van der Waals surface area contributed by atoms with Crippen molar-refractivity contribution >= 4 is 33.3 Å². The number of anilines is 2. The minimum Gasteiger partial charge on any atom is -0.354 e. The molecule has 1 aromatic carbocycles. The maximum Gasteiger partial charge on any atom is 0.243 e. The Morgan fingerprint density at radius 1 is 0.853 bits per heavy atom. The zero-order valence-electron chi connectivity index (χ0n) is 18.5. The van der Waals surface area contributed by atoms with E-state index in [2.05, 4.69) is 15.1 Å². The van der Waals surface area contributed by atoms with E-state index >= 15 is 0 Å². The first-order valence-electron chi connectivity index (χ1n) is 10.9. The number of aryl methyl sites for hydroxylation is 1. The van der Waals surface area contributed by atoms with Crippen LogP contribution in [0, 0.1) is 6.92 Å². The third-order valence-corrected chi connectivity index (χ3v) is 7.86. The first-order valence-corrected chi connectivity index (χ1v) is 12.3. The van der Waals surface area contributed by atoms with Crippen molar-refractivity contribution in [2.24, 2.45) is 0 Å². The smallest absolute Gasteiger partial charge is 0.243 e. The van der Waals surface area contributed by atoms with Crippen LogP contribution in [-0.2, 0) is 19.6 Å². The summed E-state index contributed by atoms with van der Waals surface area (Å²) in [5.41, 5.74) is 1.27. The lowest BCUT2D eigenvalue weighted by Gasteiger charge is -2.34. The number of hydrogen-bond donors (Lipinski definition) is 0. The van der Waals surface area contributed by atoms with Crippen molar-refractivity contribution in [1.29, 1.82) is 0 Å². The fourth-order valence-corrected chi connectivity index (χ4v) is 5.54. The molecule has 2 aliphatic heterocycles. The van der Waals surface area contributed by atoms with E-state index in [1.54, 1.807) is 4.68 Å². The molecule has 0 radical (unpaired) electrons. The molecule has 176 valence electrons. The second-order valence-corrected chi connectivity index (χ2v) is 10.1. The molecule has 5 rings (SSSR count). The topological polar surface area (TPSA) is 122 Å². The largest absolute Gasteiger partial charge is 0.354 e. The summed E-state index contributed by atoms with van der Waals surface area (Å²) >= 11 is 0. The lowest BCUT2D eigenvalue weighted by molar-refractivity contribution is -0.121. The van der Waals surface area contributed by atoms with Crippen molar-refractivity contribution in [2.45, 2.75) is 24.7 Å². The fourth-order valence-electron chi connectivity index (χ4n) is 4.12. The highest BCUT2D eigenvalue weighted by Crippen LogP contribution is 2.26. The van der Waals surface area contributed by atoms with Crippen molar-refractivity contribution in [3.8, 4) is 5.82 Å². The number of aromatic nitrogens is 4. The number of rotatable bonds is 5. The van der Waals surface area contributed by atoms with Crippen molar-refractivity contribution in [3.63, 3.8) is 0 Å². The summed E-state index contributed by atoms with van der Waals surface area (Å²) in [5, 5.41) is 4.36. The van der Waals surface area contributed by atoms with Gasteiger partial charge in [-0.1, -0.05) is 0 Å². The highest BCUT2D eigenvalue weighted by Gasteiger charge is 2.32. The Bertz CT molecular complexity index is 1330. The van der Waals surface area contributed by atoms with Gasteiger partial charge < -0.3 is 4.90 Å². The monoisotopic (exact) mass is 481 g/mol. The van der Waals surface area contributed by atoms with E-state index in [1.165, 1.54) is 34.9 Å². The van der Waals surface area contributed by atoms with Gasteiger partial charge in [-0.3, -0.25) is 14.5 Å². The van der Waals surface area contributed by atoms with Gasteiger partial charge >= 0.3 is 0 Å². The van der Waals surface area contributed by atoms with Gasteiger partial charge in [0.25, 0.3) is 0 Å². The molecule has 0 saturated carbocycles. The summed E-state index contributed by atoms with van der Waals surface area (Å²) in [4.78, 5) is 35.7. The van der Waals surface area contributed by atoms with E-state index in [-0.39, 0.29) is 29.6 Å². The van der Waals surface area contributed by atoms with Crippen molar-refractivity contribution in [2.75, 3.05) is 36.0 Å². The fraction of sp³-hybridized carbons (Fsp3) is 0.318. The number of carbonyl (C=O) groups excluding carboxylic acids is 2. The van der Waals surface area contributed by atoms with Crippen molar-refractivity contribution in [3.05, 3.63) is 54.6 Å². The standard InChI is InChI=1S/C22H23N7O4S/c1-16-8-9-28(25-16)20-14-19(23-15-24-20)26-10-12-27(13-11-26)34(32,33)18-4-2-17(3-5-18)29-21(30)6-7-22(29)31/h2-5,8-9,14-15H,6-7,10-13H2,1H3. The van der Waals surface area contributed by atoms with E-state index in [4.69, 9.17) is 0 Å². The number of benzene rings is 1. The van der Waals surface area contributed by atoms with E-state index in [1.807, 2.05) is 30.2 Å². The minimum atomic E-state index is -3.71. The highest BCUT2D eigenvalue weighted by molar-refractivity contribution is 7.89. The average molecular weight is 482 g/mol. The van der Waals surface area contributed by atoms with E-state index in [0.717, 1.165) is 10.6 Å². The quantitative estimate of drug-likeness (QED) is 0.497. The number of nitrogens with zero attached hydrogens (tertiary/aromatic N) is 7. The number of sulfonamides is 1. The molecule has 12 heteroatoms. The molecule has 0 bridgehead atoms. The molecule has 34 heavy (non-hydrogen) atoms. The summed E-state index contributed by atoms with van der Waals surface area (Å²) in [6.45, 7) is 3.45. The maximum atomic E-state index is 13.2. The molecule has 3 aromatic rings. The van der Waals surface area contributed by atoms with Gasteiger partial charge in [0.1, 0.15) is 12.1 Å². The van der Waals surface area contributed by atoms with Crippen LogP contribution in [0.1, 0.15) is 18.5 Å². The van der Waals surface area contributed by atoms with E-state index in [9.17, 15) is 18.0 Å². The third-order valence-electron chi connectivity index (χ3n) is 5.94. The summed E-state index contributed by atoms with van der Waals surface area (Å²) in [5.74, 6) is 0.808. The van der Waals surface area contributed by atoms with Gasteiger partial charge in [0.15, 0.2) is 5.82 Å². The van der Waals surface area contributed by atoms with E-state index < -0.39 is 10.0 Å².